The maximum Gasteiger partial charge on any atom is 0.250 e. The molecule has 0 aliphatic heterocycles. The van der Waals surface area contributed by atoms with E-state index < -0.39 is 0 Å². The summed E-state index contributed by atoms with van der Waals surface area (Å²) in [5.41, 5.74) is 2.06. The Morgan fingerprint density at radius 2 is 2.20 bits per heavy atom. The minimum atomic E-state index is 0.320. The number of likely N-dealkylation sites (N-methyl/N-ethyl adjacent to an activating group) is 1. The van der Waals surface area contributed by atoms with Gasteiger partial charge < -0.3 is 9.84 Å². The molecule has 1 aromatic carbocycles. The van der Waals surface area contributed by atoms with Gasteiger partial charge in [-0.1, -0.05) is 28.9 Å². The molecule has 0 spiro atoms. The zero-order chi connectivity index (χ0) is 14.5. The summed E-state index contributed by atoms with van der Waals surface area (Å²) in [4.78, 5) is 4.32. The second-order valence-electron chi connectivity index (χ2n) is 4.78. The van der Waals surface area contributed by atoms with E-state index in [1.54, 1.807) is 6.08 Å². The highest BCUT2D eigenvalue weighted by molar-refractivity contribution is 6.31. The van der Waals surface area contributed by atoms with Crippen molar-refractivity contribution in [2.75, 3.05) is 7.05 Å². The molecule has 0 amide bonds. The normalized spacial score (nSPS) is 13.0. The molecule has 1 atom stereocenters. The SMILES string of the molecule is CNC(C)Cc1noc(/C=C/c2ccc(C)c(Cl)c2)n1. The molecule has 0 aliphatic carbocycles. The molecule has 5 heteroatoms. The predicted octanol–water partition coefficient (Wildman–Crippen LogP) is 3.35. The monoisotopic (exact) mass is 291 g/mol. The standard InChI is InChI=1S/C15H18ClN3O/c1-10-4-5-12(9-13(10)16)6-7-15-18-14(19-20-15)8-11(2)17-3/h4-7,9,11,17H,8H2,1-3H3/b7-6+. The minimum Gasteiger partial charge on any atom is -0.335 e. The maximum absolute atomic E-state index is 6.08. The molecule has 1 unspecified atom stereocenters. The van der Waals surface area contributed by atoms with E-state index in [0.29, 0.717) is 17.8 Å². The van der Waals surface area contributed by atoms with Crippen molar-refractivity contribution in [1.82, 2.24) is 15.5 Å². The molecule has 2 rings (SSSR count). The molecule has 4 nitrogen and oxygen atoms in total. The number of aromatic nitrogens is 2. The largest absolute Gasteiger partial charge is 0.335 e. The third kappa shape index (κ3) is 3.92. The van der Waals surface area contributed by atoms with Crippen molar-refractivity contribution < 1.29 is 4.52 Å². The van der Waals surface area contributed by atoms with Crippen molar-refractivity contribution in [3.05, 3.63) is 46.1 Å². The fourth-order valence-corrected chi connectivity index (χ4v) is 1.86. The summed E-state index contributed by atoms with van der Waals surface area (Å²) in [5.74, 6) is 1.20. The number of benzene rings is 1. The Bertz CT molecular complexity index is 607. The highest BCUT2D eigenvalue weighted by Gasteiger charge is 2.07. The average Bonchev–Trinajstić information content (AvgIpc) is 2.87. The Morgan fingerprint density at radius 1 is 1.40 bits per heavy atom. The van der Waals surface area contributed by atoms with Gasteiger partial charge in [0.25, 0.3) is 5.89 Å². The molecule has 20 heavy (non-hydrogen) atoms. The zero-order valence-electron chi connectivity index (χ0n) is 11.9. The molecule has 1 heterocycles. The Hall–Kier alpha value is -1.65. The van der Waals surface area contributed by atoms with Crippen LogP contribution in [0.1, 0.15) is 29.8 Å². The van der Waals surface area contributed by atoms with Crippen molar-refractivity contribution >= 4 is 23.8 Å². The Morgan fingerprint density at radius 3 is 2.90 bits per heavy atom. The van der Waals surface area contributed by atoms with Gasteiger partial charge in [-0.25, -0.2) is 0 Å². The molecule has 0 aliphatic rings. The number of hydrogen-bond acceptors (Lipinski definition) is 4. The Labute approximate surface area is 123 Å². The molecule has 1 aromatic heterocycles. The molecular weight excluding hydrogens is 274 g/mol. The summed E-state index contributed by atoms with van der Waals surface area (Å²) < 4.78 is 5.18. The summed E-state index contributed by atoms with van der Waals surface area (Å²) in [6.07, 6.45) is 4.44. The number of hydrogen-bond donors (Lipinski definition) is 1. The lowest BCUT2D eigenvalue weighted by molar-refractivity contribution is 0.400. The number of aryl methyl sites for hydroxylation is 1. The summed E-state index contributed by atoms with van der Waals surface area (Å²) in [7, 11) is 1.91. The van der Waals surface area contributed by atoms with E-state index in [4.69, 9.17) is 16.1 Å². The first-order valence-corrected chi connectivity index (χ1v) is 6.90. The van der Waals surface area contributed by atoms with E-state index in [1.807, 2.05) is 38.2 Å². The van der Waals surface area contributed by atoms with Gasteiger partial charge >= 0.3 is 0 Å². The number of halogens is 1. The van der Waals surface area contributed by atoms with Crippen LogP contribution in [0, 0.1) is 6.92 Å². The van der Waals surface area contributed by atoms with Gasteiger partial charge in [-0.2, -0.15) is 4.98 Å². The molecule has 0 radical (unpaired) electrons. The Balaban J connectivity index is 2.05. The second kappa shape index (κ2) is 6.68. The third-order valence-corrected chi connectivity index (χ3v) is 3.49. The fourth-order valence-electron chi connectivity index (χ4n) is 1.67. The minimum absolute atomic E-state index is 0.320. The summed E-state index contributed by atoms with van der Waals surface area (Å²) >= 11 is 6.08. The van der Waals surface area contributed by atoms with Gasteiger partial charge in [0.15, 0.2) is 5.82 Å². The van der Waals surface area contributed by atoms with E-state index in [9.17, 15) is 0 Å². The van der Waals surface area contributed by atoms with Crippen molar-refractivity contribution in [2.24, 2.45) is 0 Å². The number of nitrogens with zero attached hydrogens (tertiary/aromatic N) is 2. The van der Waals surface area contributed by atoms with Crippen LogP contribution in [0.5, 0.6) is 0 Å². The number of rotatable bonds is 5. The van der Waals surface area contributed by atoms with Crippen LogP contribution >= 0.6 is 11.6 Å². The van der Waals surface area contributed by atoms with Crippen molar-refractivity contribution in [2.45, 2.75) is 26.3 Å². The van der Waals surface area contributed by atoms with Gasteiger partial charge in [-0.3, -0.25) is 0 Å². The van der Waals surface area contributed by atoms with E-state index >= 15 is 0 Å². The van der Waals surface area contributed by atoms with Gasteiger partial charge in [0.05, 0.1) is 0 Å². The zero-order valence-corrected chi connectivity index (χ0v) is 12.6. The van der Waals surface area contributed by atoms with Crippen LogP contribution in [0.25, 0.3) is 12.2 Å². The first kappa shape index (κ1) is 14.8. The van der Waals surface area contributed by atoms with Gasteiger partial charge in [0, 0.05) is 23.6 Å². The molecule has 0 bridgehead atoms. The molecule has 0 fully saturated rings. The number of nitrogens with one attached hydrogen (secondary N) is 1. The third-order valence-electron chi connectivity index (χ3n) is 3.08. The average molecular weight is 292 g/mol. The van der Waals surface area contributed by atoms with Crippen LogP contribution in [-0.4, -0.2) is 23.2 Å². The van der Waals surface area contributed by atoms with E-state index in [1.165, 1.54) is 0 Å². The van der Waals surface area contributed by atoms with Crippen LogP contribution < -0.4 is 5.32 Å². The summed E-state index contributed by atoms with van der Waals surface area (Å²) in [5, 5.41) is 7.83. The highest BCUT2D eigenvalue weighted by atomic mass is 35.5. The second-order valence-corrected chi connectivity index (χ2v) is 5.19. The smallest absolute Gasteiger partial charge is 0.250 e. The topological polar surface area (TPSA) is 51.0 Å². The lowest BCUT2D eigenvalue weighted by Crippen LogP contribution is -2.24. The molecule has 0 saturated heterocycles. The van der Waals surface area contributed by atoms with Crippen LogP contribution in [0.4, 0.5) is 0 Å². The van der Waals surface area contributed by atoms with Crippen LogP contribution in [-0.2, 0) is 6.42 Å². The van der Waals surface area contributed by atoms with E-state index in [0.717, 1.165) is 22.6 Å². The van der Waals surface area contributed by atoms with E-state index in [2.05, 4.69) is 22.4 Å². The van der Waals surface area contributed by atoms with Gasteiger partial charge in [0.1, 0.15) is 0 Å². The van der Waals surface area contributed by atoms with Crippen molar-refractivity contribution in [1.29, 1.82) is 0 Å². The van der Waals surface area contributed by atoms with Gasteiger partial charge in [-0.05, 0) is 44.2 Å². The highest BCUT2D eigenvalue weighted by Crippen LogP contribution is 2.18. The van der Waals surface area contributed by atoms with Gasteiger partial charge in [0.2, 0.25) is 0 Å². The molecular formula is C15H18ClN3O. The van der Waals surface area contributed by atoms with Crippen molar-refractivity contribution in [3.63, 3.8) is 0 Å². The van der Waals surface area contributed by atoms with E-state index in [-0.39, 0.29) is 0 Å². The first-order valence-electron chi connectivity index (χ1n) is 6.52. The lowest BCUT2D eigenvalue weighted by atomic mass is 10.1. The first-order chi connectivity index (χ1) is 9.58. The van der Waals surface area contributed by atoms with Crippen LogP contribution in [0.15, 0.2) is 22.7 Å². The van der Waals surface area contributed by atoms with Crippen LogP contribution in [0.3, 0.4) is 0 Å². The lowest BCUT2D eigenvalue weighted by Gasteiger charge is -2.04. The maximum atomic E-state index is 6.08. The van der Waals surface area contributed by atoms with Crippen LogP contribution in [0.2, 0.25) is 5.02 Å². The predicted molar refractivity (Wildman–Crippen MR) is 81.6 cm³/mol. The van der Waals surface area contributed by atoms with Gasteiger partial charge in [-0.15, -0.1) is 0 Å². The van der Waals surface area contributed by atoms with Crippen molar-refractivity contribution in [3.8, 4) is 0 Å². The molecule has 1 N–H and O–H groups in total. The molecule has 0 saturated carbocycles. The quantitative estimate of drug-likeness (QED) is 0.918. The fraction of sp³-hybridized carbons (Fsp3) is 0.333. The molecule has 2 aromatic rings. The summed E-state index contributed by atoms with van der Waals surface area (Å²) in [6.45, 7) is 4.04. The Kier molecular flexibility index (Phi) is 4.93. The summed E-state index contributed by atoms with van der Waals surface area (Å²) in [6, 6.07) is 6.21. The molecule has 106 valence electrons.